The highest BCUT2D eigenvalue weighted by atomic mass is 35.5. The minimum absolute atomic E-state index is 0.0625. The van der Waals surface area contributed by atoms with Crippen LogP contribution in [0, 0.1) is 12.7 Å². The summed E-state index contributed by atoms with van der Waals surface area (Å²) in [6.07, 6.45) is -2.84. The van der Waals surface area contributed by atoms with Gasteiger partial charge in [0.15, 0.2) is 6.17 Å². The topological polar surface area (TPSA) is 51.0 Å². The maximum Gasteiger partial charge on any atom is 0.352 e. The van der Waals surface area contributed by atoms with Crippen molar-refractivity contribution in [2.24, 2.45) is 0 Å². The molecule has 0 aliphatic carbocycles. The van der Waals surface area contributed by atoms with Crippen molar-refractivity contribution in [3.05, 3.63) is 78.9 Å². The fourth-order valence-corrected chi connectivity index (χ4v) is 4.72. The molecule has 174 valence electrons. The van der Waals surface area contributed by atoms with Crippen molar-refractivity contribution in [1.82, 2.24) is 14.5 Å². The summed E-state index contributed by atoms with van der Waals surface area (Å²) in [7, 11) is 0. The van der Waals surface area contributed by atoms with E-state index in [1.165, 1.54) is 22.8 Å². The number of hydrogen-bond acceptors (Lipinski definition) is 5. The molecule has 0 saturated heterocycles. The summed E-state index contributed by atoms with van der Waals surface area (Å²) in [4.78, 5) is 23.5. The Bertz CT molecular complexity index is 1260. The van der Waals surface area contributed by atoms with E-state index in [0.29, 0.717) is 30.2 Å². The van der Waals surface area contributed by atoms with Gasteiger partial charge in [-0.15, -0.1) is 11.3 Å². The molecule has 0 spiro atoms. The van der Waals surface area contributed by atoms with Gasteiger partial charge in [-0.2, -0.15) is 9.97 Å². The van der Waals surface area contributed by atoms with E-state index in [1.807, 2.05) is 11.0 Å². The lowest BCUT2D eigenvalue weighted by molar-refractivity contribution is 0.0515. The first-order chi connectivity index (χ1) is 15.7. The zero-order chi connectivity index (χ0) is 23.7. The van der Waals surface area contributed by atoms with E-state index in [4.69, 9.17) is 11.6 Å². The van der Waals surface area contributed by atoms with Crippen molar-refractivity contribution in [1.29, 1.82) is 0 Å². The molecule has 11 heteroatoms. The Balaban J connectivity index is 1.49. The van der Waals surface area contributed by atoms with E-state index in [0.717, 1.165) is 22.5 Å². The molecule has 1 aliphatic heterocycles. The van der Waals surface area contributed by atoms with Crippen LogP contribution in [0.25, 0.3) is 5.57 Å². The van der Waals surface area contributed by atoms with Crippen molar-refractivity contribution < 1.29 is 17.6 Å². The second-order valence-corrected chi connectivity index (χ2v) is 9.14. The first-order valence-corrected chi connectivity index (χ1v) is 11.3. The molecule has 1 aliphatic rings. The van der Waals surface area contributed by atoms with Crippen LogP contribution in [-0.4, -0.2) is 34.1 Å². The smallest absolute Gasteiger partial charge is 0.337 e. The van der Waals surface area contributed by atoms with Crippen LogP contribution in [-0.2, 0) is 6.54 Å². The number of hydrogen-bond donors (Lipinski definition) is 0. The molecule has 0 saturated carbocycles. The van der Waals surface area contributed by atoms with Gasteiger partial charge in [0.2, 0.25) is 5.95 Å². The SMILES string of the molecule is Cc1nc(N2CC=C(c3ccc(F)c(Cl)c3)CC2)nc(=O)n1Cc1ccc(C(F)C(F)F)s1. The predicted molar refractivity (Wildman–Crippen MR) is 121 cm³/mol. The van der Waals surface area contributed by atoms with E-state index >= 15 is 0 Å². The number of thiophene rings is 1. The fourth-order valence-electron chi connectivity index (χ4n) is 3.55. The summed E-state index contributed by atoms with van der Waals surface area (Å²) in [5.74, 6) is 0.223. The zero-order valence-corrected chi connectivity index (χ0v) is 19.0. The number of rotatable bonds is 6. The Kier molecular flexibility index (Phi) is 6.85. The van der Waals surface area contributed by atoms with Gasteiger partial charge in [0.1, 0.15) is 11.6 Å². The molecule has 0 fully saturated rings. The van der Waals surface area contributed by atoms with E-state index in [1.54, 1.807) is 19.1 Å². The Hall–Kier alpha value is -2.72. The summed E-state index contributed by atoms with van der Waals surface area (Å²) >= 11 is 6.77. The van der Waals surface area contributed by atoms with Gasteiger partial charge in [-0.1, -0.05) is 23.7 Å². The predicted octanol–water partition coefficient (Wildman–Crippen LogP) is 5.42. The van der Waals surface area contributed by atoms with Gasteiger partial charge < -0.3 is 4.90 Å². The summed E-state index contributed by atoms with van der Waals surface area (Å²) in [6, 6.07) is 7.41. The largest absolute Gasteiger partial charge is 0.352 e. The van der Waals surface area contributed by atoms with E-state index in [2.05, 4.69) is 9.97 Å². The van der Waals surface area contributed by atoms with E-state index < -0.39 is 24.1 Å². The lowest BCUT2D eigenvalue weighted by Gasteiger charge is -2.27. The minimum atomic E-state index is -3.09. The highest BCUT2D eigenvalue weighted by molar-refractivity contribution is 7.12. The van der Waals surface area contributed by atoms with Gasteiger partial charge in [0.25, 0.3) is 6.43 Å². The third-order valence-corrected chi connectivity index (χ3v) is 6.76. The summed E-state index contributed by atoms with van der Waals surface area (Å²) in [5.41, 5.74) is 1.33. The third kappa shape index (κ3) is 5.11. The third-order valence-electron chi connectivity index (χ3n) is 5.35. The van der Waals surface area contributed by atoms with Gasteiger partial charge in [0.05, 0.1) is 11.6 Å². The molecular formula is C22H19ClF4N4OS. The van der Waals surface area contributed by atoms with Crippen LogP contribution in [0.1, 0.15) is 33.7 Å². The van der Waals surface area contributed by atoms with Crippen LogP contribution in [0.4, 0.5) is 23.5 Å². The Morgan fingerprint density at radius 1 is 1.18 bits per heavy atom. The number of aryl methyl sites for hydroxylation is 1. The molecule has 33 heavy (non-hydrogen) atoms. The number of anilines is 1. The highest BCUT2D eigenvalue weighted by Gasteiger charge is 2.24. The number of aromatic nitrogens is 3. The van der Waals surface area contributed by atoms with Crippen LogP contribution < -0.4 is 10.6 Å². The first kappa shape index (κ1) is 23.4. The standard InChI is InChI=1S/C22H19ClF4N4OS/c1-12-28-21(30-8-6-13(7-9-30)14-2-4-17(24)16(23)10-14)29-22(32)31(12)11-15-3-5-18(33-15)19(25)20(26)27/h2-6,10,19-20H,7-9,11H2,1H3. The molecule has 0 bridgehead atoms. The normalized spacial score (nSPS) is 15.1. The average Bonchev–Trinajstić information content (AvgIpc) is 3.26. The molecule has 0 N–H and O–H groups in total. The van der Waals surface area contributed by atoms with Crippen LogP contribution in [0.2, 0.25) is 5.02 Å². The Morgan fingerprint density at radius 2 is 1.97 bits per heavy atom. The molecule has 1 aromatic carbocycles. The van der Waals surface area contributed by atoms with Crippen LogP contribution in [0.5, 0.6) is 0 Å². The van der Waals surface area contributed by atoms with Crippen molar-refractivity contribution >= 4 is 34.5 Å². The lowest BCUT2D eigenvalue weighted by Crippen LogP contribution is -2.35. The maximum atomic E-state index is 13.5. The second-order valence-electron chi connectivity index (χ2n) is 7.53. The molecule has 1 atom stereocenters. The lowest BCUT2D eigenvalue weighted by atomic mass is 9.99. The molecule has 3 heterocycles. The van der Waals surface area contributed by atoms with E-state index in [-0.39, 0.29) is 22.4 Å². The van der Waals surface area contributed by atoms with Crippen molar-refractivity contribution in [3.63, 3.8) is 0 Å². The maximum absolute atomic E-state index is 13.5. The molecule has 5 nitrogen and oxygen atoms in total. The summed E-state index contributed by atoms with van der Waals surface area (Å²) in [5, 5.41) is 0.0625. The fraction of sp³-hybridized carbons (Fsp3) is 0.318. The van der Waals surface area contributed by atoms with Crippen molar-refractivity contribution in [2.45, 2.75) is 32.5 Å². The van der Waals surface area contributed by atoms with E-state index in [9.17, 15) is 22.4 Å². The monoisotopic (exact) mass is 498 g/mol. The molecule has 2 aromatic heterocycles. The molecule has 3 aromatic rings. The van der Waals surface area contributed by atoms with Gasteiger partial charge in [-0.3, -0.25) is 4.57 Å². The summed E-state index contributed by atoms with van der Waals surface area (Å²) < 4.78 is 53.4. The molecule has 4 rings (SSSR count). The number of nitrogens with zero attached hydrogens (tertiary/aromatic N) is 4. The van der Waals surface area contributed by atoms with Gasteiger partial charge in [0, 0.05) is 22.8 Å². The number of alkyl halides is 3. The first-order valence-electron chi connectivity index (χ1n) is 10.1. The molecule has 0 amide bonds. The summed E-state index contributed by atoms with van der Waals surface area (Å²) in [6.45, 7) is 2.75. The van der Waals surface area contributed by atoms with Crippen molar-refractivity contribution in [3.8, 4) is 0 Å². The number of halogens is 5. The quantitative estimate of drug-likeness (QED) is 0.426. The van der Waals surface area contributed by atoms with Crippen LogP contribution in [0.15, 0.2) is 41.2 Å². The minimum Gasteiger partial charge on any atom is -0.337 e. The average molecular weight is 499 g/mol. The van der Waals surface area contributed by atoms with Crippen LogP contribution in [0.3, 0.4) is 0 Å². The van der Waals surface area contributed by atoms with Gasteiger partial charge >= 0.3 is 5.69 Å². The Labute approximate surface area is 196 Å². The zero-order valence-electron chi connectivity index (χ0n) is 17.4. The second kappa shape index (κ2) is 9.64. The van der Waals surface area contributed by atoms with Crippen molar-refractivity contribution in [2.75, 3.05) is 18.0 Å². The molecule has 1 unspecified atom stereocenters. The molecular weight excluding hydrogens is 480 g/mol. The Morgan fingerprint density at radius 3 is 2.61 bits per heavy atom. The number of benzene rings is 1. The van der Waals surface area contributed by atoms with Crippen LogP contribution >= 0.6 is 22.9 Å². The highest BCUT2D eigenvalue weighted by Crippen LogP contribution is 2.31. The van der Waals surface area contributed by atoms with Gasteiger partial charge in [-0.25, -0.2) is 22.4 Å². The molecule has 0 radical (unpaired) electrons. The van der Waals surface area contributed by atoms with Gasteiger partial charge in [-0.05, 0) is 48.7 Å².